The first kappa shape index (κ1) is 16.6. The molecular weight excluding hydrogens is 291 g/mol. The summed E-state index contributed by atoms with van der Waals surface area (Å²) in [5, 5.41) is 0.462. The van der Waals surface area contributed by atoms with E-state index in [2.05, 4.69) is 29.3 Å². The molecule has 0 bridgehead atoms. The van der Waals surface area contributed by atoms with Crippen molar-refractivity contribution >= 4 is 11.6 Å². The highest BCUT2D eigenvalue weighted by Gasteiger charge is 2.25. The highest BCUT2D eigenvalue weighted by atomic mass is 35.5. The van der Waals surface area contributed by atoms with Gasteiger partial charge in [-0.05, 0) is 39.1 Å². The third-order valence-electron chi connectivity index (χ3n) is 4.28. The molecule has 1 aliphatic rings. The van der Waals surface area contributed by atoms with E-state index >= 15 is 0 Å². The predicted molar refractivity (Wildman–Crippen MR) is 84.8 cm³/mol. The van der Waals surface area contributed by atoms with E-state index in [1.165, 1.54) is 6.07 Å². The van der Waals surface area contributed by atoms with E-state index in [-0.39, 0.29) is 11.9 Å². The van der Waals surface area contributed by atoms with Gasteiger partial charge in [-0.1, -0.05) is 17.7 Å². The Bertz CT molecular complexity index is 451. The number of rotatable bonds is 5. The van der Waals surface area contributed by atoms with Crippen LogP contribution in [0.2, 0.25) is 5.02 Å². The summed E-state index contributed by atoms with van der Waals surface area (Å²) in [6.07, 6.45) is 1.36. The fraction of sp³-hybridized carbons (Fsp3) is 0.600. The van der Waals surface area contributed by atoms with Gasteiger partial charge in [0.25, 0.3) is 0 Å². The Labute approximate surface area is 131 Å². The zero-order valence-corrected chi connectivity index (χ0v) is 13.4. The van der Waals surface area contributed by atoms with Crippen LogP contribution in [0.25, 0.3) is 0 Å². The lowest BCUT2D eigenvalue weighted by molar-refractivity contribution is 0.101. The van der Waals surface area contributed by atoms with Crippen LogP contribution in [-0.4, -0.2) is 55.6 Å². The molecule has 4 nitrogen and oxygen atoms in total. The second-order valence-corrected chi connectivity index (χ2v) is 6.31. The molecule has 0 aromatic heterocycles. The SMILES string of the molecule is CN1CCN(C)C(CC(Cc2c(F)cccc2Cl)NN)C1. The maximum absolute atomic E-state index is 13.9. The van der Waals surface area contributed by atoms with Crippen LogP contribution >= 0.6 is 11.6 Å². The lowest BCUT2D eigenvalue weighted by Gasteiger charge is -2.39. The lowest BCUT2D eigenvalue weighted by Crippen LogP contribution is -2.53. The Kier molecular flexibility index (Phi) is 5.96. The minimum absolute atomic E-state index is 0.00153. The van der Waals surface area contributed by atoms with E-state index in [1.807, 2.05) is 0 Å². The molecule has 0 aliphatic carbocycles. The number of hydrazine groups is 1. The molecule has 118 valence electrons. The standard InChI is InChI=1S/C15H24ClFN4/c1-20-6-7-21(2)12(10-20)8-11(19-18)9-13-14(16)4-3-5-15(13)17/h3-5,11-12,19H,6-10,18H2,1-2H3. The average molecular weight is 315 g/mol. The van der Waals surface area contributed by atoms with E-state index in [1.54, 1.807) is 12.1 Å². The first-order valence-electron chi connectivity index (χ1n) is 7.29. The van der Waals surface area contributed by atoms with Crippen LogP contribution in [0.3, 0.4) is 0 Å². The third kappa shape index (κ3) is 4.37. The summed E-state index contributed by atoms with van der Waals surface area (Å²) in [5.74, 6) is 5.40. The molecule has 2 rings (SSSR count). The molecule has 1 saturated heterocycles. The van der Waals surface area contributed by atoms with Crippen LogP contribution < -0.4 is 11.3 Å². The number of halogens is 2. The molecule has 21 heavy (non-hydrogen) atoms. The van der Waals surface area contributed by atoms with Gasteiger partial charge in [0.1, 0.15) is 5.82 Å². The maximum Gasteiger partial charge on any atom is 0.127 e. The van der Waals surface area contributed by atoms with Crippen LogP contribution in [0.4, 0.5) is 4.39 Å². The topological polar surface area (TPSA) is 44.5 Å². The number of hydrogen-bond acceptors (Lipinski definition) is 4. The summed E-state index contributed by atoms with van der Waals surface area (Å²) >= 11 is 6.10. The van der Waals surface area contributed by atoms with Gasteiger partial charge >= 0.3 is 0 Å². The monoisotopic (exact) mass is 314 g/mol. The molecule has 1 aromatic carbocycles. The van der Waals surface area contributed by atoms with Gasteiger partial charge in [0, 0.05) is 42.3 Å². The fourth-order valence-corrected chi connectivity index (χ4v) is 3.11. The van der Waals surface area contributed by atoms with Crippen molar-refractivity contribution in [2.45, 2.75) is 24.9 Å². The number of likely N-dealkylation sites (N-methyl/N-ethyl adjacent to an activating group) is 2. The summed E-state index contributed by atoms with van der Waals surface area (Å²) in [7, 11) is 4.25. The number of hydrogen-bond donors (Lipinski definition) is 2. The Hall–Kier alpha value is -0.720. The van der Waals surface area contributed by atoms with Crippen molar-refractivity contribution in [1.29, 1.82) is 0 Å². The third-order valence-corrected chi connectivity index (χ3v) is 4.64. The van der Waals surface area contributed by atoms with Crippen molar-refractivity contribution in [3.05, 3.63) is 34.6 Å². The van der Waals surface area contributed by atoms with Gasteiger partial charge in [0.15, 0.2) is 0 Å². The van der Waals surface area contributed by atoms with Crippen LogP contribution in [0, 0.1) is 5.82 Å². The number of nitrogens with zero attached hydrogens (tertiary/aromatic N) is 2. The molecule has 0 saturated carbocycles. The van der Waals surface area contributed by atoms with Crippen molar-refractivity contribution in [1.82, 2.24) is 15.2 Å². The van der Waals surface area contributed by atoms with Crippen molar-refractivity contribution in [2.75, 3.05) is 33.7 Å². The van der Waals surface area contributed by atoms with Gasteiger partial charge in [-0.3, -0.25) is 11.3 Å². The van der Waals surface area contributed by atoms with Crippen molar-refractivity contribution < 1.29 is 4.39 Å². The average Bonchev–Trinajstić information content (AvgIpc) is 2.45. The fourth-order valence-electron chi connectivity index (χ4n) is 2.87. The van der Waals surface area contributed by atoms with E-state index in [9.17, 15) is 4.39 Å². The van der Waals surface area contributed by atoms with Crippen LogP contribution in [-0.2, 0) is 6.42 Å². The molecule has 6 heteroatoms. The molecule has 2 unspecified atom stereocenters. The van der Waals surface area contributed by atoms with Gasteiger partial charge in [-0.2, -0.15) is 0 Å². The van der Waals surface area contributed by atoms with Gasteiger partial charge in [-0.15, -0.1) is 0 Å². The zero-order valence-electron chi connectivity index (χ0n) is 12.6. The molecule has 1 aliphatic heterocycles. The highest BCUT2D eigenvalue weighted by Crippen LogP contribution is 2.22. The number of nitrogens with one attached hydrogen (secondary N) is 1. The first-order valence-corrected chi connectivity index (χ1v) is 7.67. The Balaban J connectivity index is 2.03. The van der Waals surface area contributed by atoms with Crippen LogP contribution in [0.5, 0.6) is 0 Å². The van der Waals surface area contributed by atoms with Crippen LogP contribution in [0.1, 0.15) is 12.0 Å². The van der Waals surface area contributed by atoms with Crippen LogP contribution in [0.15, 0.2) is 18.2 Å². The molecule has 0 spiro atoms. The van der Waals surface area contributed by atoms with E-state index in [4.69, 9.17) is 17.4 Å². The van der Waals surface area contributed by atoms with Gasteiger partial charge in [0.05, 0.1) is 0 Å². The first-order chi connectivity index (χ1) is 10.0. The molecule has 0 amide bonds. The molecule has 3 N–H and O–H groups in total. The lowest BCUT2D eigenvalue weighted by atomic mass is 9.97. The van der Waals surface area contributed by atoms with Crippen molar-refractivity contribution in [3.63, 3.8) is 0 Å². The minimum atomic E-state index is -0.267. The molecular formula is C15H24ClFN4. The van der Waals surface area contributed by atoms with E-state index in [0.717, 1.165) is 26.1 Å². The largest absolute Gasteiger partial charge is 0.304 e. The molecule has 2 atom stereocenters. The van der Waals surface area contributed by atoms with Crippen molar-refractivity contribution in [3.8, 4) is 0 Å². The normalized spacial score (nSPS) is 22.4. The maximum atomic E-state index is 13.9. The smallest absolute Gasteiger partial charge is 0.127 e. The summed E-state index contributed by atoms with van der Waals surface area (Å²) in [5.41, 5.74) is 3.35. The second kappa shape index (κ2) is 7.51. The molecule has 1 aromatic rings. The summed E-state index contributed by atoms with van der Waals surface area (Å²) in [6, 6.07) is 5.19. The van der Waals surface area contributed by atoms with E-state index < -0.39 is 0 Å². The van der Waals surface area contributed by atoms with E-state index in [0.29, 0.717) is 23.0 Å². The number of piperazine rings is 1. The van der Waals surface area contributed by atoms with Gasteiger partial charge in [0.2, 0.25) is 0 Å². The molecule has 0 radical (unpaired) electrons. The number of nitrogens with two attached hydrogens (primary N) is 1. The summed E-state index contributed by atoms with van der Waals surface area (Å²) < 4.78 is 13.9. The van der Waals surface area contributed by atoms with Gasteiger partial charge in [-0.25, -0.2) is 4.39 Å². The number of benzene rings is 1. The highest BCUT2D eigenvalue weighted by molar-refractivity contribution is 6.31. The Morgan fingerprint density at radius 1 is 1.43 bits per heavy atom. The Morgan fingerprint density at radius 2 is 2.19 bits per heavy atom. The summed E-state index contributed by atoms with van der Waals surface area (Å²) in [4.78, 5) is 4.65. The minimum Gasteiger partial charge on any atom is -0.304 e. The van der Waals surface area contributed by atoms with Gasteiger partial charge < -0.3 is 9.80 Å². The second-order valence-electron chi connectivity index (χ2n) is 5.90. The predicted octanol–water partition coefficient (Wildman–Crippen LogP) is 1.49. The van der Waals surface area contributed by atoms with Crippen molar-refractivity contribution in [2.24, 2.45) is 5.84 Å². The molecule has 1 fully saturated rings. The summed E-state index contributed by atoms with van der Waals surface area (Å²) in [6.45, 7) is 3.12. The quantitative estimate of drug-likeness (QED) is 0.638. The molecule has 1 heterocycles. The Morgan fingerprint density at radius 3 is 2.86 bits per heavy atom. The zero-order chi connectivity index (χ0) is 15.4.